The summed E-state index contributed by atoms with van der Waals surface area (Å²) in [7, 11) is 2.04. The molecular formula is C16H15BrN2. The summed E-state index contributed by atoms with van der Waals surface area (Å²) >= 11 is 3.60. The van der Waals surface area contributed by atoms with Crippen LogP contribution in [-0.4, -0.2) is 4.57 Å². The van der Waals surface area contributed by atoms with E-state index in [9.17, 15) is 0 Å². The van der Waals surface area contributed by atoms with Crippen LogP contribution in [0.4, 0.5) is 5.69 Å². The average molecular weight is 315 g/mol. The second-order valence-electron chi connectivity index (χ2n) is 4.68. The lowest BCUT2D eigenvalue weighted by Gasteiger charge is -2.10. The molecule has 1 heterocycles. The second-order valence-corrected chi connectivity index (χ2v) is 5.53. The summed E-state index contributed by atoms with van der Waals surface area (Å²) in [4.78, 5) is 0. The van der Waals surface area contributed by atoms with Crippen molar-refractivity contribution < 1.29 is 0 Å². The normalized spacial score (nSPS) is 10.8. The van der Waals surface area contributed by atoms with Crippen LogP contribution in [0, 0.1) is 0 Å². The Morgan fingerprint density at radius 1 is 1.05 bits per heavy atom. The van der Waals surface area contributed by atoms with E-state index < -0.39 is 0 Å². The van der Waals surface area contributed by atoms with Gasteiger partial charge in [-0.25, -0.2) is 0 Å². The van der Waals surface area contributed by atoms with Gasteiger partial charge in [0.15, 0.2) is 0 Å². The molecule has 0 aliphatic carbocycles. The maximum Gasteiger partial charge on any atom is 0.0423 e. The summed E-state index contributed by atoms with van der Waals surface area (Å²) < 4.78 is 3.20. The first-order valence-electron chi connectivity index (χ1n) is 6.26. The minimum Gasteiger partial charge on any atom is -0.380 e. The number of aryl methyl sites for hydroxylation is 1. The number of hydrogen-bond acceptors (Lipinski definition) is 1. The fourth-order valence-electron chi connectivity index (χ4n) is 2.28. The van der Waals surface area contributed by atoms with Gasteiger partial charge < -0.3 is 9.88 Å². The van der Waals surface area contributed by atoms with E-state index >= 15 is 0 Å². The van der Waals surface area contributed by atoms with E-state index in [1.54, 1.807) is 0 Å². The number of aromatic nitrogens is 1. The van der Waals surface area contributed by atoms with Gasteiger partial charge in [0.05, 0.1) is 0 Å². The molecule has 0 aliphatic heterocycles. The molecule has 0 spiro atoms. The predicted octanol–water partition coefficient (Wildman–Crippen LogP) is 4.55. The number of benzene rings is 2. The summed E-state index contributed by atoms with van der Waals surface area (Å²) in [5, 5.41) is 5.99. The fraction of sp³-hybridized carbons (Fsp3) is 0.125. The van der Waals surface area contributed by atoms with Gasteiger partial charge in [0.2, 0.25) is 0 Å². The van der Waals surface area contributed by atoms with Crippen LogP contribution in [0.1, 0.15) is 5.56 Å². The Labute approximate surface area is 121 Å². The molecule has 96 valence electrons. The number of rotatable bonds is 3. The van der Waals surface area contributed by atoms with Gasteiger partial charge in [0.1, 0.15) is 0 Å². The highest BCUT2D eigenvalue weighted by Gasteiger charge is 2.03. The molecule has 1 N–H and O–H groups in total. The van der Waals surface area contributed by atoms with Crippen molar-refractivity contribution in [1.82, 2.24) is 4.57 Å². The summed E-state index contributed by atoms with van der Waals surface area (Å²) in [6.45, 7) is 0.840. The molecule has 19 heavy (non-hydrogen) atoms. The monoisotopic (exact) mass is 314 g/mol. The average Bonchev–Trinajstić information content (AvgIpc) is 2.84. The van der Waals surface area contributed by atoms with E-state index in [-0.39, 0.29) is 0 Å². The minimum absolute atomic E-state index is 0.840. The molecule has 3 aromatic rings. The highest BCUT2D eigenvalue weighted by Crippen LogP contribution is 2.30. The molecule has 2 aromatic carbocycles. The van der Waals surface area contributed by atoms with Crippen molar-refractivity contribution in [3.63, 3.8) is 0 Å². The van der Waals surface area contributed by atoms with Gasteiger partial charge in [-0.3, -0.25) is 0 Å². The number of hydrogen-bond donors (Lipinski definition) is 1. The highest BCUT2D eigenvalue weighted by atomic mass is 79.9. The van der Waals surface area contributed by atoms with E-state index in [1.807, 2.05) is 7.05 Å². The third-order valence-corrected chi connectivity index (χ3v) is 3.94. The lowest BCUT2D eigenvalue weighted by atomic mass is 10.1. The number of halogens is 1. The van der Waals surface area contributed by atoms with Crippen molar-refractivity contribution in [3.05, 3.63) is 64.9 Å². The maximum absolute atomic E-state index is 3.60. The minimum atomic E-state index is 0.840. The number of nitrogens with one attached hydrogen (secondary N) is 1. The lowest BCUT2D eigenvalue weighted by Crippen LogP contribution is -1.99. The molecule has 1 aromatic heterocycles. The van der Waals surface area contributed by atoms with E-state index in [0.29, 0.717) is 0 Å². The first-order chi connectivity index (χ1) is 9.24. The van der Waals surface area contributed by atoms with Crippen molar-refractivity contribution >= 4 is 32.4 Å². The molecule has 0 atom stereocenters. The molecule has 3 rings (SSSR count). The molecule has 3 heteroatoms. The van der Waals surface area contributed by atoms with Gasteiger partial charge in [-0.05, 0) is 29.1 Å². The fourth-order valence-corrected chi connectivity index (χ4v) is 2.76. The molecule has 0 bridgehead atoms. The zero-order chi connectivity index (χ0) is 13.2. The molecule has 0 saturated carbocycles. The van der Waals surface area contributed by atoms with Gasteiger partial charge in [-0.2, -0.15) is 0 Å². The van der Waals surface area contributed by atoms with Gasteiger partial charge in [-0.15, -0.1) is 0 Å². The van der Waals surface area contributed by atoms with Crippen molar-refractivity contribution in [2.24, 2.45) is 7.05 Å². The Morgan fingerprint density at radius 3 is 2.58 bits per heavy atom. The Hall–Kier alpha value is -1.74. The predicted molar refractivity (Wildman–Crippen MR) is 84.4 cm³/mol. The summed E-state index contributed by atoms with van der Waals surface area (Å²) in [5.74, 6) is 0. The first kappa shape index (κ1) is 12.3. The third kappa shape index (κ3) is 2.51. The Kier molecular flexibility index (Phi) is 3.30. The molecule has 0 radical (unpaired) electrons. The van der Waals surface area contributed by atoms with E-state index in [0.717, 1.165) is 11.0 Å². The van der Waals surface area contributed by atoms with Crippen LogP contribution in [-0.2, 0) is 13.6 Å². The molecule has 0 fully saturated rings. The lowest BCUT2D eigenvalue weighted by molar-refractivity contribution is 0.920. The number of fused-ring (bicyclic) bond motifs is 1. The second kappa shape index (κ2) is 5.10. The molecular weight excluding hydrogens is 300 g/mol. The van der Waals surface area contributed by atoms with Crippen LogP contribution in [0.2, 0.25) is 0 Å². The standard InChI is InChI=1S/C16H15BrN2/c1-19-9-8-12(11-19)10-18-16-7-6-15(17)13-4-2-3-5-14(13)16/h2-9,11,18H,10H2,1H3. The molecule has 0 saturated heterocycles. The van der Waals surface area contributed by atoms with Crippen LogP contribution < -0.4 is 5.32 Å². The maximum atomic E-state index is 3.60. The largest absolute Gasteiger partial charge is 0.380 e. The summed E-state index contributed by atoms with van der Waals surface area (Å²) in [6.07, 6.45) is 4.20. The Balaban J connectivity index is 1.91. The van der Waals surface area contributed by atoms with Crippen LogP contribution >= 0.6 is 15.9 Å². The van der Waals surface area contributed by atoms with Crippen LogP contribution in [0.15, 0.2) is 59.3 Å². The van der Waals surface area contributed by atoms with Gasteiger partial charge >= 0.3 is 0 Å². The van der Waals surface area contributed by atoms with Gasteiger partial charge in [0, 0.05) is 41.5 Å². The van der Waals surface area contributed by atoms with Crippen LogP contribution in [0.25, 0.3) is 10.8 Å². The summed E-state index contributed by atoms with van der Waals surface area (Å²) in [6, 6.07) is 14.8. The third-order valence-electron chi connectivity index (χ3n) is 3.25. The topological polar surface area (TPSA) is 17.0 Å². The van der Waals surface area contributed by atoms with Crippen molar-refractivity contribution in [2.75, 3.05) is 5.32 Å². The van der Waals surface area contributed by atoms with E-state index in [2.05, 4.69) is 80.7 Å². The highest BCUT2D eigenvalue weighted by molar-refractivity contribution is 9.10. The molecule has 0 amide bonds. The molecule has 0 unspecified atom stereocenters. The SMILES string of the molecule is Cn1ccc(CNc2ccc(Br)c3ccccc23)c1. The first-order valence-corrected chi connectivity index (χ1v) is 7.05. The number of anilines is 1. The zero-order valence-electron chi connectivity index (χ0n) is 10.7. The zero-order valence-corrected chi connectivity index (χ0v) is 12.3. The van der Waals surface area contributed by atoms with Crippen LogP contribution in [0.5, 0.6) is 0 Å². The molecule has 2 nitrogen and oxygen atoms in total. The van der Waals surface area contributed by atoms with Gasteiger partial charge in [-0.1, -0.05) is 40.2 Å². The Bertz CT molecular complexity index is 716. The van der Waals surface area contributed by atoms with Crippen molar-refractivity contribution in [1.29, 1.82) is 0 Å². The van der Waals surface area contributed by atoms with Crippen molar-refractivity contribution in [2.45, 2.75) is 6.54 Å². The van der Waals surface area contributed by atoms with E-state index in [4.69, 9.17) is 0 Å². The van der Waals surface area contributed by atoms with Crippen LogP contribution in [0.3, 0.4) is 0 Å². The quantitative estimate of drug-likeness (QED) is 0.750. The Morgan fingerprint density at radius 2 is 1.84 bits per heavy atom. The smallest absolute Gasteiger partial charge is 0.0423 e. The number of nitrogens with zero attached hydrogens (tertiary/aromatic N) is 1. The van der Waals surface area contributed by atoms with Gasteiger partial charge in [0.25, 0.3) is 0 Å². The summed E-state index contributed by atoms with van der Waals surface area (Å²) in [5.41, 5.74) is 2.46. The molecule has 0 aliphatic rings. The van der Waals surface area contributed by atoms with E-state index in [1.165, 1.54) is 22.0 Å². The van der Waals surface area contributed by atoms with Crippen molar-refractivity contribution in [3.8, 4) is 0 Å².